The van der Waals surface area contributed by atoms with Crippen molar-refractivity contribution in [1.82, 2.24) is 19.9 Å². The molecule has 0 unspecified atom stereocenters. The minimum absolute atomic E-state index is 0.0408. The number of nitrogens with zero attached hydrogens (tertiary/aromatic N) is 4. The number of amides is 1. The Labute approximate surface area is 112 Å². The van der Waals surface area contributed by atoms with E-state index in [1.807, 2.05) is 4.90 Å². The number of carbonyl (C=O) groups excluding carboxylic acids is 1. The van der Waals surface area contributed by atoms with Crippen LogP contribution >= 0.6 is 0 Å². The Bertz CT molecular complexity index is 420. The van der Waals surface area contributed by atoms with Crippen LogP contribution in [0.4, 0.5) is 0 Å². The van der Waals surface area contributed by atoms with Crippen LogP contribution < -0.4 is 0 Å². The molecule has 1 aromatic heterocycles. The second-order valence-electron chi connectivity index (χ2n) is 5.21. The lowest BCUT2D eigenvalue weighted by Gasteiger charge is -2.47. The van der Waals surface area contributed by atoms with Gasteiger partial charge in [0.05, 0.1) is 6.20 Å². The SMILES string of the molecule is CCN1CCN(C2CN(C(=O)c3ccno3)C2)CC1. The highest BCUT2D eigenvalue weighted by Crippen LogP contribution is 2.19. The lowest BCUT2D eigenvalue weighted by molar-refractivity contribution is 0.00629. The van der Waals surface area contributed by atoms with Gasteiger partial charge in [0.15, 0.2) is 0 Å². The Morgan fingerprint density at radius 3 is 2.68 bits per heavy atom. The van der Waals surface area contributed by atoms with Crippen LogP contribution in [0.2, 0.25) is 0 Å². The van der Waals surface area contributed by atoms with Crippen LogP contribution in [0, 0.1) is 0 Å². The van der Waals surface area contributed by atoms with E-state index in [1.165, 1.54) is 6.20 Å². The Kier molecular flexibility index (Phi) is 3.52. The number of likely N-dealkylation sites (N-methyl/N-ethyl adjacent to an activating group) is 1. The van der Waals surface area contributed by atoms with Gasteiger partial charge in [-0.1, -0.05) is 12.1 Å². The van der Waals surface area contributed by atoms with Crippen molar-refractivity contribution in [2.75, 3.05) is 45.8 Å². The summed E-state index contributed by atoms with van der Waals surface area (Å²) in [7, 11) is 0. The van der Waals surface area contributed by atoms with E-state index >= 15 is 0 Å². The molecule has 0 saturated carbocycles. The average Bonchev–Trinajstić information content (AvgIpc) is 2.91. The second-order valence-corrected chi connectivity index (χ2v) is 5.21. The molecule has 6 nitrogen and oxygen atoms in total. The van der Waals surface area contributed by atoms with Crippen LogP contribution in [0.25, 0.3) is 0 Å². The fourth-order valence-corrected chi connectivity index (χ4v) is 2.78. The van der Waals surface area contributed by atoms with Gasteiger partial charge in [-0.2, -0.15) is 0 Å². The Balaban J connectivity index is 1.47. The molecule has 0 spiro atoms. The minimum Gasteiger partial charge on any atom is -0.351 e. The summed E-state index contributed by atoms with van der Waals surface area (Å²) < 4.78 is 4.90. The summed E-state index contributed by atoms with van der Waals surface area (Å²) in [5.41, 5.74) is 0. The number of piperazine rings is 1. The molecule has 0 aliphatic carbocycles. The van der Waals surface area contributed by atoms with Gasteiger partial charge in [-0.05, 0) is 6.54 Å². The van der Waals surface area contributed by atoms with Crippen LogP contribution in [0.1, 0.15) is 17.5 Å². The molecule has 2 saturated heterocycles. The molecule has 6 heteroatoms. The average molecular weight is 264 g/mol. The maximum Gasteiger partial charge on any atom is 0.292 e. The lowest BCUT2D eigenvalue weighted by atomic mass is 10.1. The van der Waals surface area contributed by atoms with Gasteiger partial charge >= 0.3 is 0 Å². The van der Waals surface area contributed by atoms with Crippen LogP contribution in [0.15, 0.2) is 16.8 Å². The lowest BCUT2D eigenvalue weighted by Crippen LogP contribution is -2.64. The summed E-state index contributed by atoms with van der Waals surface area (Å²) in [4.78, 5) is 18.8. The van der Waals surface area contributed by atoms with Crippen LogP contribution in [-0.2, 0) is 0 Å². The first-order chi connectivity index (χ1) is 9.28. The number of rotatable bonds is 3. The molecular formula is C13H20N4O2. The topological polar surface area (TPSA) is 52.8 Å². The Morgan fingerprint density at radius 2 is 2.11 bits per heavy atom. The van der Waals surface area contributed by atoms with E-state index in [1.54, 1.807) is 6.07 Å². The van der Waals surface area contributed by atoms with Crippen LogP contribution in [-0.4, -0.2) is 77.6 Å². The molecular weight excluding hydrogens is 244 g/mol. The first-order valence-corrected chi connectivity index (χ1v) is 6.94. The smallest absolute Gasteiger partial charge is 0.292 e. The zero-order chi connectivity index (χ0) is 13.2. The van der Waals surface area contributed by atoms with Crippen LogP contribution in [0.3, 0.4) is 0 Å². The van der Waals surface area contributed by atoms with Gasteiger partial charge < -0.3 is 14.3 Å². The number of likely N-dealkylation sites (tertiary alicyclic amines) is 1. The van der Waals surface area contributed by atoms with E-state index in [0.717, 1.165) is 45.8 Å². The van der Waals surface area contributed by atoms with E-state index in [0.29, 0.717) is 11.8 Å². The van der Waals surface area contributed by atoms with Gasteiger partial charge in [-0.25, -0.2) is 0 Å². The standard InChI is InChI=1S/C13H20N4O2/c1-2-15-5-7-16(8-6-15)11-9-17(10-11)13(18)12-3-4-14-19-12/h3-4,11H,2,5-10H2,1H3. The fourth-order valence-electron chi connectivity index (χ4n) is 2.78. The third kappa shape index (κ3) is 2.50. The van der Waals surface area contributed by atoms with Crippen LogP contribution in [0.5, 0.6) is 0 Å². The molecule has 2 aliphatic rings. The summed E-state index contributed by atoms with van der Waals surface area (Å²) in [6.45, 7) is 9.47. The summed E-state index contributed by atoms with van der Waals surface area (Å²) in [6.07, 6.45) is 1.51. The molecule has 104 valence electrons. The van der Waals surface area contributed by atoms with Crippen molar-refractivity contribution in [2.24, 2.45) is 0 Å². The predicted octanol–water partition coefficient (Wildman–Crippen LogP) is 0.137. The van der Waals surface area contributed by atoms with Gasteiger partial charge in [0.25, 0.3) is 5.91 Å². The molecule has 0 atom stereocenters. The van der Waals surface area contributed by atoms with E-state index in [4.69, 9.17) is 4.52 Å². The van der Waals surface area contributed by atoms with Crippen molar-refractivity contribution in [3.63, 3.8) is 0 Å². The van der Waals surface area contributed by atoms with Gasteiger partial charge in [-0.3, -0.25) is 9.69 Å². The maximum absolute atomic E-state index is 12.0. The van der Waals surface area contributed by atoms with Crippen molar-refractivity contribution >= 4 is 5.91 Å². The van der Waals surface area contributed by atoms with E-state index in [-0.39, 0.29) is 5.91 Å². The zero-order valence-corrected chi connectivity index (χ0v) is 11.3. The number of hydrogen-bond donors (Lipinski definition) is 0. The van der Waals surface area contributed by atoms with Crippen molar-refractivity contribution in [3.8, 4) is 0 Å². The highest BCUT2D eigenvalue weighted by Gasteiger charge is 2.37. The first-order valence-electron chi connectivity index (χ1n) is 6.94. The minimum atomic E-state index is -0.0408. The molecule has 3 heterocycles. The summed E-state index contributed by atoms with van der Waals surface area (Å²) >= 11 is 0. The molecule has 2 fully saturated rings. The van der Waals surface area contributed by atoms with Gasteiger partial charge in [0.1, 0.15) is 0 Å². The highest BCUT2D eigenvalue weighted by atomic mass is 16.5. The Morgan fingerprint density at radius 1 is 1.37 bits per heavy atom. The number of hydrogen-bond acceptors (Lipinski definition) is 5. The molecule has 1 amide bonds. The summed E-state index contributed by atoms with van der Waals surface area (Å²) in [5, 5.41) is 3.57. The molecule has 0 bridgehead atoms. The van der Waals surface area contributed by atoms with Crippen molar-refractivity contribution in [2.45, 2.75) is 13.0 Å². The van der Waals surface area contributed by atoms with E-state index < -0.39 is 0 Å². The third-order valence-electron chi connectivity index (χ3n) is 4.17. The maximum atomic E-state index is 12.0. The molecule has 0 radical (unpaired) electrons. The molecule has 3 rings (SSSR count). The van der Waals surface area contributed by atoms with Gasteiger partial charge in [0.2, 0.25) is 5.76 Å². The van der Waals surface area contributed by atoms with E-state index in [9.17, 15) is 4.79 Å². The summed E-state index contributed by atoms with van der Waals surface area (Å²) in [6, 6.07) is 2.14. The van der Waals surface area contributed by atoms with Gasteiger partial charge in [-0.15, -0.1) is 0 Å². The van der Waals surface area contributed by atoms with Gasteiger partial charge in [0, 0.05) is 51.4 Å². The molecule has 0 aromatic carbocycles. The second kappa shape index (κ2) is 5.30. The normalized spacial score (nSPS) is 22.5. The number of aromatic nitrogens is 1. The van der Waals surface area contributed by atoms with Crippen molar-refractivity contribution in [3.05, 3.63) is 18.0 Å². The zero-order valence-electron chi connectivity index (χ0n) is 11.3. The molecule has 2 aliphatic heterocycles. The monoisotopic (exact) mass is 264 g/mol. The Hall–Kier alpha value is -1.40. The third-order valence-corrected chi connectivity index (χ3v) is 4.17. The van der Waals surface area contributed by atoms with Crippen molar-refractivity contribution < 1.29 is 9.32 Å². The largest absolute Gasteiger partial charge is 0.351 e. The van der Waals surface area contributed by atoms with Crippen molar-refractivity contribution in [1.29, 1.82) is 0 Å². The summed E-state index contributed by atoms with van der Waals surface area (Å²) in [5.74, 6) is 0.301. The molecule has 19 heavy (non-hydrogen) atoms. The number of carbonyl (C=O) groups is 1. The quantitative estimate of drug-likeness (QED) is 0.777. The highest BCUT2D eigenvalue weighted by molar-refractivity contribution is 5.91. The first kappa shape index (κ1) is 12.6. The molecule has 1 aromatic rings. The van der Waals surface area contributed by atoms with E-state index in [2.05, 4.69) is 21.9 Å². The fraction of sp³-hybridized carbons (Fsp3) is 0.692. The molecule has 0 N–H and O–H groups in total. The predicted molar refractivity (Wildman–Crippen MR) is 69.9 cm³/mol.